The van der Waals surface area contributed by atoms with Crippen molar-refractivity contribution in [2.75, 3.05) is 0 Å². The van der Waals surface area contributed by atoms with Crippen molar-refractivity contribution in [1.82, 2.24) is 0 Å². The number of aryl methyl sites for hydroxylation is 2. The second-order valence-corrected chi connectivity index (χ2v) is 4.88. The molecule has 2 aromatic carbocycles. The standard InChI is InChI=1S/C17H15NO/c18-11-13-3-1-4-14(9-13)12-19-17-8-7-15-5-2-6-16(15)10-17/h1,3-4,7-10H,2,5-6,12H2. The van der Waals surface area contributed by atoms with E-state index in [1.807, 2.05) is 24.3 Å². The molecule has 2 heteroatoms. The van der Waals surface area contributed by atoms with Crippen molar-refractivity contribution >= 4 is 0 Å². The van der Waals surface area contributed by atoms with Gasteiger partial charge >= 0.3 is 0 Å². The fourth-order valence-electron chi connectivity index (χ4n) is 2.54. The zero-order chi connectivity index (χ0) is 13.1. The van der Waals surface area contributed by atoms with E-state index in [1.165, 1.54) is 24.0 Å². The van der Waals surface area contributed by atoms with E-state index in [2.05, 4.69) is 18.2 Å². The summed E-state index contributed by atoms with van der Waals surface area (Å²) >= 11 is 0. The van der Waals surface area contributed by atoms with E-state index < -0.39 is 0 Å². The van der Waals surface area contributed by atoms with E-state index in [0.717, 1.165) is 17.7 Å². The maximum absolute atomic E-state index is 8.86. The second-order valence-electron chi connectivity index (χ2n) is 4.88. The smallest absolute Gasteiger partial charge is 0.120 e. The van der Waals surface area contributed by atoms with Crippen LogP contribution in [0.2, 0.25) is 0 Å². The van der Waals surface area contributed by atoms with Crippen LogP contribution in [0.25, 0.3) is 0 Å². The molecule has 3 rings (SSSR count). The summed E-state index contributed by atoms with van der Waals surface area (Å²) in [6.07, 6.45) is 3.61. The summed E-state index contributed by atoms with van der Waals surface area (Å²) in [5.74, 6) is 0.919. The van der Waals surface area contributed by atoms with E-state index in [0.29, 0.717) is 12.2 Å². The molecule has 0 amide bonds. The largest absolute Gasteiger partial charge is 0.489 e. The summed E-state index contributed by atoms with van der Waals surface area (Å²) in [4.78, 5) is 0. The first kappa shape index (κ1) is 11.8. The van der Waals surface area contributed by atoms with Crippen molar-refractivity contribution in [2.45, 2.75) is 25.9 Å². The van der Waals surface area contributed by atoms with Gasteiger partial charge in [-0.15, -0.1) is 0 Å². The molecule has 94 valence electrons. The number of ether oxygens (including phenoxy) is 1. The maximum atomic E-state index is 8.86. The molecule has 0 atom stereocenters. The summed E-state index contributed by atoms with van der Waals surface area (Å²) in [6, 6.07) is 16.0. The number of hydrogen-bond acceptors (Lipinski definition) is 2. The first-order chi connectivity index (χ1) is 9.35. The molecular formula is C17H15NO. The van der Waals surface area contributed by atoms with Crippen LogP contribution >= 0.6 is 0 Å². The molecule has 0 aliphatic heterocycles. The SMILES string of the molecule is N#Cc1cccc(COc2ccc3c(c2)CCC3)c1. The molecule has 0 radical (unpaired) electrons. The zero-order valence-corrected chi connectivity index (χ0v) is 10.7. The van der Waals surface area contributed by atoms with E-state index in [4.69, 9.17) is 10.00 Å². The summed E-state index contributed by atoms with van der Waals surface area (Å²) in [5, 5.41) is 8.86. The second kappa shape index (κ2) is 5.16. The molecule has 0 heterocycles. The summed E-state index contributed by atoms with van der Waals surface area (Å²) in [6.45, 7) is 0.508. The Bertz CT molecular complexity index is 640. The lowest BCUT2D eigenvalue weighted by Gasteiger charge is -2.08. The third-order valence-electron chi connectivity index (χ3n) is 3.53. The van der Waals surface area contributed by atoms with E-state index in [-0.39, 0.29) is 0 Å². The molecule has 19 heavy (non-hydrogen) atoms. The van der Waals surface area contributed by atoms with Crippen molar-refractivity contribution in [3.63, 3.8) is 0 Å². The van der Waals surface area contributed by atoms with E-state index >= 15 is 0 Å². The van der Waals surface area contributed by atoms with Crippen LogP contribution in [0.3, 0.4) is 0 Å². The predicted octanol–water partition coefficient (Wildman–Crippen LogP) is 3.63. The highest BCUT2D eigenvalue weighted by Crippen LogP contribution is 2.26. The van der Waals surface area contributed by atoms with Crippen LogP contribution in [-0.4, -0.2) is 0 Å². The van der Waals surface area contributed by atoms with Gasteiger partial charge in [0.2, 0.25) is 0 Å². The van der Waals surface area contributed by atoms with E-state index in [1.54, 1.807) is 6.07 Å². The summed E-state index contributed by atoms with van der Waals surface area (Å²) in [5.41, 5.74) is 4.58. The number of nitriles is 1. The van der Waals surface area contributed by atoms with Crippen molar-refractivity contribution in [3.8, 4) is 11.8 Å². The quantitative estimate of drug-likeness (QED) is 0.832. The number of nitrogens with zero attached hydrogens (tertiary/aromatic N) is 1. The average Bonchev–Trinajstić information content (AvgIpc) is 2.93. The van der Waals surface area contributed by atoms with Gasteiger partial charge in [0.15, 0.2) is 0 Å². The highest BCUT2D eigenvalue weighted by atomic mass is 16.5. The Morgan fingerprint density at radius 2 is 1.95 bits per heavy atom. The van der Waals surface area contributed by atoms with Crippen molar-refractivity contribution < 1.29 is 4.74 Å². The van der Waals surface area contributed by atoms with Crippen molar-refractivity contribution in [2.24, 2.45) is 0 Å². The number of benzene rings is 2. The minimum absolute atomic E-state index is 0.508. The lowest BCUT2D eigenvalue weighted by molar-refractivity contribution is 0.306. The Balaban J connectivity index is 1.70. The van der Waals surface area contributed by atoms with Gasteiger partial charge in [-0.1, -0.05) is 18.2 Å². The molecule has 0 aromatic heterocycles. The van der Waals surface area contributed by atoms with Crippen LogP contribution < -0.4 is 4.74 Å². The third-order valence-corrected chi connectivity index (χ3v) is 3.53. The molecule has 0 spiro atoms. The van der Waals surface area contributed by atoms with Gasteiger partial charge in [-0.2, -0.15) is 5.26 Å². The molecule has 0 bridgehead atoms. The van der Waals surface area contributed by atoms with Gasteiger partial charge in [-0.3, -0.25) is 0 Å². The Morgan fingerprint density at radius 1 is 1.05 bits per heavy atom. The third kappa shape index (κ3) is 2.61. The molecule has 0 saturated heterocycles. The molecule has 0 saturated carbocycles. The first-order valence-corrected chi connectivity index (χ1v) is 6.59. The first-order valence-electron chi connectivity index (χ1n) is 6.59. The van der Waals surface area contributed by atoms with Gasteiger partial charge in [-0.25, -0.2) is 0 Å². The number of hydrogen-bond donors (Lipinski definition) is 0. The molecule has 2 aromatic rings. The van der Waals surface area contributed by atoms with Gasteiger partial charge < -0.3 is 4.74 Å². The minimum atomic E-state index is 0.508. The van der Waals surface area contributed by atoms with Gasteiger partial charge in [0.25, 0.3) is 0 Å². The summed E-state index contributed by atoms with van der Waals surface area (Å²) in [7, 11) is 0. The lowest BCUT2D eigenvalue weighted by Crippen LogP contribution is -1.96. The molecule has 2 nitrogen and oxygen atoms in total. The van der Waals surface area contributed by atoms with Gasteiger partial charge in [0.1, 0.15) is 12.4 Å². The van der Waals surface area contributed by atoms with Gasteiger partial charge in [0, 0.05) is 0 Å². The van der Waals surface area contributed by atoms with Gasteiger partial charge in [-0.05, 0) is 60.2 Å². The zero-order valence-electron chi connectivity index (χ0n) is 10.7. The Hall–Kier alpha value is -2.27. The molecule has 1 aliphatic carbocycles. The normalized spacial score (nSPS) is 12.8. The molecule has 0 fully saturated rings. The topological polar surface area (TPSA) is 33.0 Å². The Labute approximate surface area is 113 Å². The highest BCUT2D eigenvalue weighted by Gasteiger charge is 2.11. The maximum Gasteiger partial charge on any atom is 0.120 e. The monoisotopic (exact) mass is 249 g/mol. The van der Waals surface area contributed by atoms with E-state index in [9.17, 15) is 0 Å². The summed E-state index contributed by atoms with van der Waals surface area (Å²) < 4.78 is 5.81. The molecule has 0 N–H and O–H groups in total. The van der Waals surface area contributed by atoms with Crippen molar-refractivity contribution in [1.29, 1.82) is 5.26 Å². The molecule has 0 unspecified atom stereocenters. The van der Waals surface area contributed by atoms with Crippen LogP contribution in [0.1, 0.15) is 28.7 Å². The van der Waals surface area contributed by atoms with Crippen molar-refractivity contribution in [3.05, 3.63) is 64.7 Å². The van der Waals surface area contributed by atoms with Gasteiger partial charge in [0.05, 0.1) is 11.6 Å². The Morgan fingerprint density at radius 3 is 2.84 bits per heavy atom. The minimum Gasteiger partial charge on any atom is -0.489 e. The van der Waals surface area contributed by atoms with Crippen LogP contribution in [-0.2, 0) is 19.4 Å². The van der Waals surface area contributed by atoms with Crippen LogP contribution in [0.4, 0.5) is 0 Å². The fourth-order valence-corrected chi connectivity index (χ4v) is 2.54. The Kier molecular flexibility index (Phi) is 3.20. The van der Waals surface area contributed by atoms with Crippen LogP contribution in [0, 0.1) is 11.3 Å². The average molecular weight is 249 g/mol. The number of rotatable bonds is 3. The lowest BCUT2D eigenvalue weighted by atomic mass is 10.1. The molecule has 1 aliphatic rings. The predicted molar refractivity (Wildman–Crippen MR) is 74.0 cm³/mol. The fraction of sp³-hybridized carbons (Fsp3) is 0.235. The number of fused-ring (bicyclic) bond motifs is 1. The highest BCUT2D eigenvalue weighted by molar-refractivity contribution is 5.38. The van der Waals surface area contributed by atoms with Crippen LogP contribution in [0.5, 0.6) is 5.75 Å². The van der Waals surface area contributed by atoms with Crippen LogP contribution in [0.15, 0.2) is 42.5 Å². The molecular weight excluding hydrogens is 234 g/mol.